The molecule has 25 heavy (non-hydrogen) atoms. The van der Waals surface area contributed by atoms with Gasteiger partial charge < -0.3 is 24.4 Å². The molecule has 0 saturated carbocycles. The fraction of sp³-hybridized carbons (Fsp3) is 0.312. The normalized spacial score (nSPS) is 14.2. The molecule has 8 nitrogen and oxygen atoms in total. The van der Waals surface area contributed by atoms with Crippen LogP contribution in [-0.2, 0) is 23.8 Å². The molecule has 1 amide bonds. The lowest BCUT2D eigenvalue weighted by molar-refractivity contribution is -0.140. The molecule has 0 radical (unpaired) electrons. The number of ether oxygens (including phenoxy) is 3. The van der Waals surface area contributed by atoms with Gasteiger partial charge in [0.25, 0.3) is 5.91 Å². The highest BCUT2D eigenvalue weighted by Crippen LogP contribution is 2.28. The molecule has 0 saturated heterocycles. The highest BCUT2D eigenvalue weighted by molar-refractivity contribution is 6.03. The molecule has 0 aromatic heterocycles. The van der Waals surface area contributed by atoms with Crippen molar-refractivity contribution in [2.24, 2.45) is 0 Å². The van der Waals surface area contributed by atoms with E-state index in [2.05, 4.69) is 10.1 Å². The number of nitrogens with zero attached hydrogens (tertiary/aromatic N) is 1. The minimum atomic E-state index is -0.783. The maximum atomic E-state index is 13.9. The fourth-order valence-electron chi connectivity index (χ4n) is 2.34. The number of rotatable bonds is 4. The standard InChI is InChI=1S/C16H17FN2O6/c1-18-14(20)10-6-9(4-5-12(10)17)19-8-25-7-11(15(21)23-2)13(19)16(22)24-3/h4-6H,7-8H2,1-3H3,(H,18,20). The van der Waals surface area contributed by atoms with E-state index in [1.807, 2.05) is 0 Å². The Hall–Kier alpha value is -2.94. The predicted molar refractivity (Wildman–Crippen MR) is 84.1 cm³/mol. The van der Waals surface area contributed by atoms with E-state index < -0.39 is 23.7 Å². The third-order valence-electron chi connectivity index (χ3n) is 3.57. The highest BCUT2D eigenvalue weighted by Gasteiger charge is 2.32. The van der Waals surface area contributed by atoms with Gasteiger partial charge in [-0.25, -0.2) is 14.0 Å². The average molecular weight is 352 g/mol. The van der Waals surface area contributed by atoms with Crippen LogP contribution in [0.15, 0.2) is 29.5 Å². The smallest absolute Gasteiger partial charge is 0.355 e. The van der Waals surface area contributed by atoms with Gasteiger partial charge in [0.15, 0.2) is 0 Å². The van der Waals surface area contributed by atoms with Gasteiger partial charge >= 0.3 is 11.9 Å². The van der Waals surface area contributed by atoms with Crippen molar-refractivity contribution >= 4 is 23.5 Å². The topological polar surface area (TPSA) is 94.2 Å². The number of carbonyl (C=O) groups excluding carboxylic acids is 3. The summed E-state index contributed by atoms with van der Waals surface area (Å²) in [4.78, 5) is 37.2. The number of halogens is 1. The number of nitrogens with one attached hydrogen (secondary N) is 1. The lowest BCUT2D eigenvalue weighted by atomic mass is 10.1. The van der Waals surface area contributed by atoms with E-state index in [0.717, 1.165) is 6.07 Å². The van der Waals surface area contributed by atoms with Gasteiger partial charge in [-0.05, 0) is 18.2 Å². The van der Waals surface area contributed by atoms with Crippen molar-refractivity contribution < 1.29 is 33.0 Å². The van der Waals surface area contributed by atoms with Crippen molar-refractivity contribution in [2.45, 2.75) is 0 Å². The summed E-state index contributed by atoms with van der Waals surface area (Å²) in [6.45, 7) is -0.235. The number of carbonyl (C=O) groups is 3. The molecule has 1 aromatic carbocycles. The Bertz CT molecular complexity index is 746. The summed E-state index contributed by atoms with van der Waals surface area (Å²) in [7, 11) is 3.71. The fourth-order valence-corrected chi connectivity index (χ4v) is 2.34. The lowest BCUT2D eigenvalue weighted by Gasteiger charge is -2.31. The molecule has 1 aromatic rings. The summed E-state index contributed by atoms with van der Waals surface area (Å²) in [5.41, 5.74) is -0.0580. The van der Waals surface area contributed by atoms with Gasteiger partial charge in [0.05, 0.1) is 32.0 Å². The van der Waals surface area contributed by atoms with E-state index in [1.165, 1.54) is 38.3 Å². The lowest BCUT2D eigenvalue weighted by Crippen LogP contribution is -2.39. The van der Waals surface area contributed by atoms with Crippen molar-refractivity contribution in [3.8, 4) is 0 Å². The number of hydrogen-bond donors (Lipinski definition) is 1. The van der Waals surface area contributed by atoms with Crippen molar-refractivity contribution in [3.63, 3.8) is 0 Å². The van der Waals surface area contributed by atoms with Crippen molar-refractivity contribution in [2.75, 3.05) is 39.5 Å². The zero-order valence-electron chi connectivity index (χ0n) is 13.9. The summed E-state index contributed by atoms with van der Waals surface area (Å²) in [5, 5.41) is 2.33. The van der Waals surface area contributed by atoms with Gasteiger partial charge in [0, 0.05) is 12.7 Å². The zero-order valence-corrected chi connectivity index (χ0v) is 13.9. The number of hydrogen-bond acceptors (Lipinski definition) is 7. The maximum Gasteiger partial charge on any atom is 0.355 e. The van der Waals surface area contributed by atoms with Crippen LogP contribution in [0.1, 0.15) is 10.4 Å². The molecule has 0 spiro atoms. The summed E-state index contributed by atoms with van der Waals surface area (Å²) < 4.78 is 28.6. The first-order chi connectivity index (χ1) is 11.9. The first-order valence-corrected chi connectivity index (χ1v) is 7.21. The Labute approximate surface area is 143 Å². The molecule has 9 heteroatoms. The van der Waals surface area contributed by atoms with Gasteiger partial charge in [-0.3, -0.25) is 4.79 Å². The van der Waals surface area contributed by atoms with Crippen LogP contribution < -0.4 is 10.2 Å². The van der Waals surface area contributed by atoms with Gasteiger partial charge in [-0.1, -0.05) is 0 Å². The second-order valence-electron chi connectivity index (χ2n) is 4.96. The Morgan fingerprint density at radius 1 is 1.20 bits per heavy atom. The molecular weight excluding hydrogens is 335 g/mol. The predicted octanol–water partition coefficient (Wildman–Crippen LogP) is 0.579. The minimum absolute atomic E-state index is 0.0357. The van der Waals surface area contributed by atoms with Crippen LogP contribution in [0.5, 0.6) is 0 Å². The van der Waals surface area contributed by atoms with E-state index in [4.69, 9.17) is 9.47 Å². The Balaban J connectivity index is 2.58. The molecule has 0 fully saturated rings. The van der Waals surface area contributed by atoms with Crippen LogP contribution in [0.25, 0.3) is 0 Å². The summed E-state index contributed by atoms with van der Waals surface area (Å²) in [6.07, 6.45) is 0. The second kappa shape index (κ2) is 7.75. The minimum Gasteiger partial charge on any atom is -0.466 e. The molecule has 0 atom stereocenters. The van der Waals surface area contributed by atoms with E-state index in [-0.39, 0.29) is 35.9 Å². The molecule has 1 aliphatic heterocycles. The molecule has 0 unspecified atom stereocenters. The van der Waals surface area contributed by atoms with Gasteiger partial charge in [-0.2, -0.15) is 0 Å². The molecule has 0 aliphatic carbocycles. The van der Waals surface area contributed by atoms with Crippen LogP contribution >= 0.6 is 0 Å². The SMILES string of the molecule is CNC(=O)c1cc(N2COCC(C(=O)OC)=C2C(=O)OC)ccc1F. The monoisotopic (exact) mass is 352 g/mol. The van der Waals surface area contributed by atoms with Crippen molar-refractivity contribution in [3.05, 3.63) is 40.8 Å². The largest absolute Gasteiger partial charge is 0.466 e. The second-order valence-corrected chi connectivity index (χ2v) is 4.96. The van der Waals surface area contributed by atoms with Crippen LogP contribution in [0.3, 0.4) is 0 Å². The quantitative estimate of drug-likeness (QED) is 0.792. The molecule has 1 heterocycles. The number of anilines is 1. The van der Waals surface area contributed by atoms with E-state index in [0.29, 0.717) is 0 Å². The Morgan fingerprint density at radius 2 is 1.88 bits per heavy atom. The van der Waals surface area contributed by atoms with E-state index >= 15 is 0 Å². The molecule has 134 valence electrons. The van der Waals surface area contributed by atoms with Crippen LogP contribution in [0.4, 0.5) is 10.1 Å². The molecule has 1 N–H and O–H groups in total. The first kappa shape index (κ1) is 18.4. The van der Waals surface area contributed by atoms with Gasteiger partial charge in [-0.15, -0.1) is 0 Å². The summed E-state index contributed by atoms with van der Waals surface area (Å²) in [6, 6.07) is 3.69. The number of amides is 1. The number of esters is 2. The van der Waals surface area contributed by atoms with Crippen LogP contribution in [-0.4, -0.2) is 52.5 Å². The summed E-state index contributed by atoms with van der Waals surface area (Å²) in [5.74, 6) is -2.89. The zero-order chi connectivity index (χ0) is 18.6. The number of benzene rings is 1. The Morgan fingerprint density at radius 3 is 2.48 bits per heavy atom. The molecule has 2 rings (SSSR count). The molecule has 1 aliphatic rings. The van der Waals surface area contributed by atoms with Gasteiger partial charge in [0.2, 0.25) is 0 Å². The molecule has 0 bridgehead atoms. The van der Waals surface area contributed by atoms with Crippen molar-refractivity contribution in [1.29, 1.82) is 0 Å². The number of methoxy groups -OCH3 is 2. The third kappa shape index (κ3) is 3.61. The van der Waals surface area contributed by atoms with Crippen molar-refractivity contribution in [1.82, 2.24) is 5.32 Å². The van der Waals surface area contributed by atoms with Gasteiger partial charge in [0.1, 0.15) is 18.2 Å². The third-order valence-corrected chi connectivity index (χ3v) is 3.57. The first-order valence-electron chi connectivity index (χ1n) is 7.21. The average Bonchev–Trinajstić information content (AvgIpc) is 2.65. The Kier molecular flexibility index (Phi) is 5.71. The highest BCUT2D eigenvalue weighted by atomic mass is 19.1. The van der Waals surface area contributed by atoms with E-state index in [9.17, 15) is 18.8 Å². The molecular formula is C16H17FN2O6. The summed E-state index contributed by atoms with van der Waals surface area (Å²) >= 11 is 0. The van der Waals surface area contributed by atoms with E-state index in [1.54, 1.807) is 0 Å². The van der Waals surface area contributed by atoms with Crippen LogP contribution in [0.2, 0.25) is 0 Å². The van der Waals surface area contributed by atoms with Crippen LogP contribution in [0, 0.1) is 5.82 Å². The maximum absolute atomic E-state index is 13.9.